The van der Waals surface area contributed by atoms with E-state index in [4.69, 9.17) is 4.74 Å². The molecule has 0 radical (unpaired) electrons. The molecule has 0 saturated heterocycles. The van der Waals surface area contributed by atoms with Crippen LogP contribution >= 0.6 is 0 Å². The summed E-state index contributed by atoms with van der Waals surface area (Å²) in [6.45, 7) is 8.13. The van der Waals surface area contributed by atoms with Crippen molar-refractivity contribution in [3.8, 4) is 5.75 Å². The average Bonchev–Trinajstić information content (AvgIpc) is 2.24. The fourth-order valence-electron chi connectivity index (χ4n) is 2.01. The van der Waals surface area contributed by atoms with Crippen molar-refractivity contribution >= 4 is 5.97 Å². The van der Waals surface area contributed by atoms with Crippen LogP contribution in [0.15, 0.2) is 12.1 Å². The molecule has 0 aliphatic carbocycles. The Morgan fingerprint density at radius 2 is 1.71 bits per heavy atom. The van der Waals surface area contributed by atoms with Crippen molar-refractivity contribution in [1.82, 2.24) is 0 Å². The Morgan fingerprint density at radius 3 is 2.24 bits per heavy atom. The number of hydrogen-bond acceptors (Lipinski definition) is 2. The summed E-state index contributed by atoms with van der Waals surface area (Å²) < 4.78 is 5.44. The van der Waals surface area contributed by atoms with Crippen molar-refractivity contribution in [2.45, 2.75) is 53.4 Å². The Labute approximate surface area is 104 Å². The molecule has 17 heavy (non-hydrogen) atoms. The van der Waals surface area contributed by atoms with Gasteiger partial charge in [-0.1, -0.05) is 37.5 Å². The number of carbonyl (C=O) groups excluding carboxylic acids is 1. The summed E-state index contributed by atoms with van der Waals surface area (Å²) in [4.78, 5) is 11.7. The van der Waals surface area contributed by atoms with Crippen molar-refractivity contribution in [2.24, 2.45) is 0 Å². The van der Waals surface area contributed by atoms with Gasteiger partial charge in [0, 0.05) is 6.42 Å². The zero-order valence-electron chi connectivity index (χ0n) is 11.3. The Morgan fingerprint density at radius 1 is 1.12 bits per heavy atom. The third-order valence-corrected chi connectivity index (χ3v) is 2.81. The second kappa shape index (κ2) is 6.43. The molecule has 0 aromatic heterocycles. The molecular weight excluding hydrogens is 212 g/mol. The number of ether oxygens (including phenoxy) is 1. The summed E-state index contributed by atoms with van der Waals surface area (Å²) in [7, 11) is 0. The number of hydrogen-bond donors (Lipinski definition) is 0. The highest BCUT2D eigenvalue weighted by Crippen LogP contribution is 2.25. The van der Waals surface area contributed by atoms with Gasteiger partial charge in [0.15, 0.2) is 0 Å². The molecule has 0 heterocycles. The lowest BCUT2D eigenvalue weighted by molar-refractivity contribution is -0.134. The van der Waals surface area contributed by atoms with E-state index in [1.54, 1.807) is 0 Å². The van der Waals surface area contributed by atoms with Crippen LogP contribution in [0, 0.1) is 20.8 Å². The molecule has 0 aliphatic heterocycles. The Balaban J connectivity index is 2.65. The van der Waals surface area contributed by atoms with E-state index in [0.29, 0.717) is 6.42 Å². The number of carbonyl (C=O) groups is 1. The van der Waals surface area contributed by atoms with Crippen molar-refractivity contribution in [3.05, 3.63) is 28.8 Å². The maximum Gasteiger partial charge on any atom is 0.311 e. The second-order valence-corrected chi connectivity index (χ2v) is 4.66. The Bertz CT molecular complexity index is 371. The second-order valence-electron chi connectivity index (χ2n) is 4.66. The van der Waals surface area contributed by atoms with Gasteiger partial charge < -0.3 is 4.74 Å². The minimum atomic E-state index is -0.117. The smallest absolute Gasteiger partial charge is 0.311 e. The highest BCUT2D eigenvalue weighted by Gasteiger charge is 2.10. The van der Waals surface area contributed by atoms with Crippen LogP contribution < -0.4 is 4.74 Å². The SMILES string of the molecule is CCCCCC(=O)Oc1c(C)cc(C)cc1C. The molecular formula is C15H22O2. The summed E-state index contributed by atoms with van der Waals surface area (Å²) in [5, 5.41) is 0. The maximum atomic E-state index is 11.7. The largest absolute Gasteiger partial charge is 0.426 e. The summed E-state index contributed by atoms with van der Waals surface area (Å²) in [5.41, 5.74) is 3.27. The third-order valence-electron chi connectivity index (χ3n) is 2.81. The van der Waals surface area contributed by atoms with Gasteiger partial charge in [-0.15, -0.1) is 0 Å². The Hall–Kier alpha value is -1.31. The monoisotopic (exact) mass is 234 g/mol. The number of benzene rings is 1. The predicted octanol–water partition coefficient (Wildman–Crippen LogP) is 4.10. The van der Waals surface area contributed by atoms with E-state index in [9.17, 15) is 4.79 Å². The molecule has 0 N–H and O–H groups in total. The minimum Gasteiger partial charge on any atom is -0.426 e. The van der Waals surface area contributed by atoms with Gasteiger partial charge >= 0.3 is 5.97 Å². The first-order valence-corrected chi connectivity index (χ1v) is 6.33. The van der Waals surface area contributed by atoms with Gasteiger partial charge in [0.25, 0.3) is 0 Å². The van der Waals surface area contributed by atoms with Crippen molar-refractivity contribution in [1.29, 1.82) is 0 Å². The number of rotatable bonds is 5. The molecule has 0 spiro atoms. The van der Waals surface area contributed by atoms with Gasteiger partial charge in [0.1, 0.15) is 5.75 Å². The topological polar surface area (TPSA) is 26.3 Å². The molecule has 1 rings (SSSR count). The lowest BCUT2D eigenvalue weighted by Gasteiger charge is -2.11. The van der Waals surface area contributed by atoms with E-state index in [1.807, 2.05) is 32.9 Å². The van der Waals surface area contributed by atoms with Crippen LogP contribution in [0.5, 0.6) is 5.75 Å². The van der Waals surface area contributed by atoms with Gasteiger partial charge in [0.2, 0.25) is 0 Å². The first-order valence-electron chi connectivity index (χ1n) is 6.33. The normalized spacial score (nSPS) is 10.4. The van der Waals surface area contributed by atoms with E-state index in [2.05, 4.69) is 6.92 Å². The number of esters is 1. The van der Waals surface area contributed by atoms with Gasteiger partial charge in [-0.2, -0.15) is 0 Å². The van der Waals surface area contributed by atoms with Crippen LogP contribution in [0.2, 0.25) is 0 Å². The van der Waals surface area contributed by atoms with E-state index in [1.165, 1.54) is 5.56 Å². The molecule has 0 unspecified atom stereocenters. The number of unbranched alkanes of at least 4 members (excludes halogenated alkanes) is 2. The Kier molecular flexibility index (Phi) is 5.20. The lowest BCUT2D eigenvalue weighted by atomic mass is 10.1. The molecule has 0 saturated carbocycles. The van der Waals surface area contributed by atoms with Gasteiger partial charge in [-0.25, -0.2) is 0 Å². The molecule has 0 atom stereocenters. The predicted molar refractivity (Wildman–Crippen MR) is 70.4 cm³/mol. The van der Waals surface area contributed by atoms with Crippen LogP contribution in [0.1, 0.15) is 49.3 Å². The third kappa shape index (κ3) is 4.22. The zero-order chi connectivity index (χ0) is 12.8. The first-order chi connectivity index (χ1) is 8.04. The van der Waals surface area contributed by atoms with E-state index in [-0.39, 0.29) is 5.97 Å². The highest BCUT2D eigenvalue weighted by atomic mass is 16.5. The highest BCUT2D eigenvalue weighted by molar-refractivity contribution is 5.73. The summed E-state index contributed by atoms with van der Waals surface area (Å²) in [5.74, 6) is 0.616. The minimum absolute atomic E-state index is 0.117. The molecule has 1 aromatic carbocycles. The number of aryl methyl sites for hydroxylation is 3. The lowest BCUT2D eigenvalue weighted by Crippen LogP contribution is -2.09. The quantitative estimate of drug-likeness (QED) is 0.435. The summed E-state index contributed by atoms with van der Waals surface area (Å²) in [6, 6.07) is 4.09. The summed E-state index contributed by atoms with van der Waals surface area (Å²) in [6.07, 6.45) is 3.64. The molecule has 0 fully saturated rings. The summed E-state index contributed by atoms with van der Waals surface area (Å²) >= 11 is 0. The maximum absolute atomic E-state index is 11.7. The van der Waals surface area contributed by atoms with E-state index >= 15 is 0 Å². The van der Waals surface area contributed by atoms with E-state index in [0.717, 1.165) is 36.1 Å². The molecule has 0 bridgehead atoms. The standard InChI is InChI=1S/C15H22O2/c1-5-6-7-8-14(16)17-15-12(3)9-11(2)10-13(15)4/h9-10H,5-8H2,1-4H3. The molecule has 0 aliphatic rings. The van der Waals surface area contributed by atoms with Crippen LogP contribution in [-0.2, 0) is 4.79 Å². The molecule has 1 aromatic rings. The van der Waals surface area contributed by atoms with Crippen molar-refractivity contribution in [3.63, 3.8) is 0 Å². The van der Waals surface area contributed by atoms with E-state index < -0.39 is 0 Å². The van der Waals surface area contributed by atoms with Gasteiger partial charge in [-0.3, -0.25) is 4.79 Å². The van der Waals surface area contributed by atoms with Crippen LogP contribution in [0.3, 0.4) is 0 Å². The molecule has 94 valence electrons. The van der Waals surface area contributed by atoms with Gasteiger partial charge in [0.05, 0.1) is 0 Å². The first kappa shape index (κ1) is 13.8. The molecule has 2 heteroatoms. The zero-order valence-corrected chi connectivity index (χ0v) is 11.3. The van der Waals surface area contributed by atoms with Crippen LogP contribution in [0.25, 0.3) is 0 Å². The van der Waals surface area contributed by atoms with Crippen molar-refractivity contribution < 1.29 is 9.53 Å². The molecule has 2 nitrogen and oxygen atoms in total. The van der Waals surface area contributed by atoms with Crippen LogP contribution in [-0.4, -0.2) is 5.97 Å². The molecule has 0 amide bonds. The van der Waals surface area contributed by atoms with Crippen molar-refractivity contribution in [2.75, 3.05) is 0 Å². The average molecular weight is 234 g/mol. The van der Waals surface area contributed by atoms with Gasteiger partial charge in [-0.05, 0) is 38.3 Å². The fraction of sp³-hybridized carbons (Fsp3) is 0.533. The van der Waals surface area contributed by atoms with Crippen LogP contribution in [0.4, 0.5) is 0 Å². The fourth-order valence-corrected chi connectivity index (χ4v) is 2.01.